The molecule has 12 heavy (non-hydrogen) atoms. The Bertz CT molecular complexity index is 189. The van der Waals surface area contributed by atoms with E-state index in [1.54, 1.807) is 10.7 Å². The minimum atomic E-state index is -0.0600. The summed E-state index contributed by atoms with van der Waals surface area (Å²) in [5.41, 5.74) is 1.60. The van der Waals surface area contributed by atoms with Crippen molar-refractivity contribution in [2.24, 2.45) is 0 Å². The van der Waals surface area contributed by atoms with Crippen LogP contribution in [0.1, 0.15) is 13.8 Å². The molecule has 0 aliphatic heterocycles. The van der Waals surface area contributed by atoms with Gasteiger partial charge in [0.15, 0.2) is 0 Å². The van der Waals surface area contributed by atoms with Crippen molar-refractivity contribution in [3.63, 3.8) is 0 Å². The van der Waals surface area contributed by atoms with Crippen LogP contribution in [0.5, 0.6) is 0 Å². The molecule has 0 saturated heterocycles. The third-order valence-electron chi connectivity index (χ3n) is 1.40. The van der Waals surface area contributed by atoms with Crippen molar-refractivity contribution in [3.8, 4) is 0 Å². The van der Waals surface area contributed by atoms with Gasteiger partial charge in [-0.3, -0.25) is 0 Å². The van der Waals surface area contributed by atoms with E-state index in [4.69, 9.17) is 0 Å². The molecule has 3 heteroatoms. The minimum absolute atomic E-state index is 0. The van der Waals surface area contributed by atoms with E-state index in [0.29, 0.717) is 0 Å². The van der Waals surface area contributed by atoms with Crippen molar-refractivity contribution in [2.75, 3.05) is 0 Å². The van der Waals surface area contributed by atoms with Gasteiger partial charge in [0.05, 0.1) is 0 Å². The smallest absolute Gasteiger partial charge is 1.00 e. The standard InChI is InChI=1S/C9H13Si.ClH.Mg/c1-8(2)10-9-6-4-3-5-7-9;;/h3-7H,10H2,1-2H3;1H;/q-1;;+2/p-1. The van der Waals surface area contributed by atoms with Crippen LogP contribution in [0.25, 0.3) is 0 Å². The normalized spacial score (nSPS) is 9.58. The molecule has 0 N–H and O–H groups in total. The Balaban J connectivity index is 0. The molecular weight excluding hydrogens is 196 g/mol. The maximum absolute atomic E-state index is 2.22. The van der Waals surface area contributed by atoms with Crippen molar-refractivity contribution in [1.29, 1.82) is 0 Å². The summed E-state index contributed by atoms with van der Waals surface area (Å²) >= 11 is 0. The molecular formula is C9H13ClMgSi. The fourth-order valence-electron chi connectivity index (χ4n) is 1.00. The number of halogens is 1. The van der Waals surface area contributed by atoms with Crippen LogP contribution in [0.4, 0.5) is 0 Å². The van der Waals surface area contributed by atoms with Gasteiger partial charge in [-0.25, -0.2) is 0 Å². The zero-order chi connectivity index (χ0) is 7.40. The van der Waals surface area contributed by atoms with Gasteiger partial charge >= 0.3 is 23.1 Å². The Kier molecular flexibility index (Phi) is 10.1. The second-order valence-electron chi connectivity index (χ2n) is 2.87. The summed E-state index contributed by atoms with van der Waals surface area (Å²) in [6.45, 7) is 4.44. The van der Waals surface area contributed by atoms with Crippen LogP contribution in [-0.4, -0.2) is 32.6 Å². The molecule has 1 rings (SSSR count). The predicted molar refractivity (Wildman–Crippen MR) is 55.0 cm³/mol. The second kappa shape index (κ2) is 8.11. The Morgan fingerprint density at radius 1 is 1.08 bits per heavy atom. The monoisotopic (exact) mass is 208 g/mol. The Morgan fingerprint density at radius 2 is 1.58 bits per heavy atom. The van der Waals surface area contributed by atoms with Crippen LogP contribution >= 0.6 is 0 Å². The molecule has 62 valence electrons. The molecule has 0 nitrogen and oxygen atoms in total. The molecule has 0 aliphatic rings. The molecule has 0 bridgehead atoms. The van der Waals surface area contributed by atoms with Gasteiger partial charge in [-0.2, -0.15) is 13.8 Å². The van der Waals surface area contributed by atoms with Gasteiger partial charge in [-0.15, -0.1) is 0 Å². The molecule has 0 aliphatic carbocycles. The molecule has 0 amide bonds. The summed E-state index contributed by atoms with van der Waals surface area (Å²) < 4.78 is 0. The van der Waals surface area contributed by atoms with Crippen LogP contribution < -0.4 is 17.6 Å². The van der Waals surface area contributed by atoms with Crippen molar-refractivity contribution < 1.29 is 12.4 Å². The van der Waals surface area contributed by atoms with Gasteiger partial charge in [0.2, 0.25) is 0 Å². The van der Waals surface area contributed by atoms with Crippen LogP contribution in [0.15, 0.2) is 30.3 Å². The summed E-state index contributed by atoms with van der Waals surface area (Å²) in [5, 5.41) is 1.54. The molecule has 0 spiro atoms. The first kappa shape index (κ1) is 15.0. The zero-order valence-electron chi connectivity index (χ0n) is 7.68. The quantitative estimate of drug-likeness (QED) is 0.379. The first-order valence-corrected chi connectivity index (χ1v) is 5.03. The summed E-state index contributed by atoms with van der Waals surface area (Å²) in [4.78, 5) is 0. The van der Waals surface area contributed by atoms with E-state index < -0.39 is 0 Å². The van der Waals surface area contributed by atoms with E-state index in [2.05, 4.69) is 44.2 Å². The molecule has 0 heterocycles. The fourth-order valence-corrected chi connectivity index (χ4v) is 2.33. The van der Waals surface area contributed by atoms with Gasteiger partial charge < -0.3 is 17.9 Å². The van der Waals surface area contributed by atoms with E-state index >= 15 is 0 Å². The summed E-state index contributed by atoms with van der Waals surface area (Å²) in [7, 11) is -0.0600. The predicted octanol–water partition coefficient (Wildman–Crippen LogP) is -2.32. The van der Waals surface area contributed by atoms with Gasteiger partial charge in [-0.05, 0) is 0 Å². The van der Waals surface area contributed by atoms with Crippen LogP contribution in [0.3, 0.4) is 0 Å². The maximum atomic E-state index is 2.22. The average Bonchev–Trinajstić information content (AvgIpc) is 1.88. The van der Waals surface area contributed by atoms with Crippen LogP contribution in [-0.2, 0) is 0 Å². The maximum Gasteiger partial charge on any atom is 2.00 e. The number of rotatable bonds is 2. The summed E-state index contributed by atoms with van der Waals surface area (Å²) in [6.07, 6.45) is 0. The summed E-state index contributed by atoms with van der Waals surface area (Å²) in [5.74, 6) is 0. The van der Waals surface area contributed by atoms with Crippen molar-refractivity contribution in [3.05, 3.63) is 35.9 Å². The Hall–Kier alpha value is 0.493. The Labute approximate surface area is 99.5 Å². The molecule has 0 aromatic heterocycles. The molecule has 0 saturated carbocycles. The van der Waals surface area contributed by atoms with Gasteiger partial charge in [0, 0.05) is 0 Å². The molecule has 0 unspecified atom stereocenters. The molecule has 1 aromatic rings. The van der Waals surface area contributed by atoms with Gasteiger partial charge in [0.25, 0.3) is 0 Å². The molecule has 0 atom stereocenters. The Morgan fingerprint density at radius 3 is 2.00 bits per heavy atom. The SMILES string of the molecule is C[C-](C)[SiH2]c1ccccc1.[Cl-].[Mg+2]. The molecule has 0 fully saturated rings. The summed E-state index contributed by atoms with van der Waals surface area (Å²) in [6, 6.07) is 10.7. The number of hydrogen-bond acceptors (Lipinski definition) is 0. The van der Waals surface area contributed by atoms with Crippen LogP contribution in [0, 0.1) is 5.54 Å². The fraction of sp³-hybridized carbons (Fsp3) is 0.222. The van der Waals surface area contributed by atoms with Crippen molar-refractivity contribution in [2.45, 2.75) is 13.8 Å². The van der Waals surface area contributed by atoms with E-state index in [1.165, 1.54) is 0 Å². The zero-order valence-corrected chi connectivity index (χ0v) is 11.3. The number of hydrogen-bond donors (Lipinski definition) is 0. The second-order valence-corrected chi connectivity index (χ2v) is 5.45. The average molecular weight is 209 g/mol. The van der Waals surface area contributed by atoms with Crippen molar-refractivity contribution in [1.82, 2.24) is 0 Å². The van der Waals surface area contributed by atoms with Crippen LogP contribution in [0.2, 0.25) is 0 Å². The van der Waals surface area contributed by atoms with Gasteiger partial charge in [-0.1, -0.05) is 45.0 Å². The largest absolute Gasteiger partial charge is 2.00 e. The van der Waals surface area contributed by atoms with Gasteiger partial charge in [0.1, 0.15) is 0 Å². The molecule has 0 radical (unpaired) electrons. The third kappa shape index (κ3) is 6.06. The van der Waals surface area contributed by atoms with Crippen molar-refractivity contribution >= 4 is 37.8 Å². The third-order valence-corrected chi connectivity index (χ3v) is 2.99. The minimum Gasteiger partial charge on any atom is -1.00 e. The topological polar surface area (TPSA) is 0 Å². The number of benzene rings is 1. The van der Waals surface area contributed by atoms with E-state index in [1.807, 2.05) is 0 Å². The van der Waals surface area contributed by atoms with E-state index in [-0.39, 0.29) is 45.0 Å². The first-order valence-electron chi connectivity index (χ1n) is 3.62. The first-order chi connectivity index (χ1) is 4.79. The molecule has 1 aromatic carbocycles. The van der Waals surface area contributed by atoms with E-state index in [9.17, 15) is 0 Å². The van der Waals surface area contributed by atoms with E-state index in [0.717, 1.165) is 0 Å².